The van der Waals surface area contributed by atoms with Crippen molar-refractivity contribution < 1.29 is 0 Å². The summed E-state index contributed by atoms with van der Waals surface area (Å²) >= 11 is 1.57. The fraction of sp³-hybridized carbons (Fsp3) is 0.167. The number of benzene rings is 2. The van der Waals surface area contributed by atoms with Gasteiger partial charge in [-0.25, -0.2) is 0 Å². The lowest BCUT2D eigenvalue weighted by atomic mass is 9.99. The number of nitrogens with zero attached hydrogens (tertiary/aromatic N) is 1. The summed E-state index contributed by atoms with van der Waals surface area (Å²) in [6.07, 6.45) is 3.92. The van der Waals surface area contributed by atoms with Crippen molar-refractivity contribution in [2.75, 3.05) is 11.0 Å². The Morgan fingerprint density at radius 3 is 2.68 bits per heavy atom. The van der Waals surface area contributed by atoms with E-state index in [1.165, 1.54) is 0 Å². The van der Waals surface area contributed by atoms with E-state index in [0.717, 1.165) is 33.2 Å². The second-order valence-electron chi connectivity index (χ2n) is 5.39. The van der Waals surface area contributed by atoms with Crippen molar-refractivity contribution in [1.82, 2.24) is 4.57 Å². The van der Waals surface area contributed by atoms with Gasteiger partial charge in [-0.3, -0.25) is 4.79 Å². The van der Waals surface area contributed by atoms with E-state index in [1.807, 2.05) is 43.6 Å². The predicted molar refractivity (Wildman–Crippen MR) is 96.5 cm³/mol. The molecule has 1 N–H and O–H groups in total. The van der Waals surface area contributed by atoms with Gasteiger partial charge in [-0.05, 0) is 36.1 Å². The SMILES string of the molecule is CSNc1cccc(-c2cn(C)c(=O)c3ccc(C)cc23)c1. The Hall–Kier alpha value is -2.20. The lowest BCUT2D eigenvalue weighted by Gasteiger charge is -2.12. The van der Waals surface area contributed by atoms with E-state index in [9.17, 15) is 4.79 Å². The minimum absolute atomic E-state index is 0.0390. The average molecular weight is 310 g/mol. The van der Waals surface area contributed by atoms with Crippen LogP contribution < -0.4 is 10.3 Å². The van der Waals surface area contributed by atoms with Crippen LogP contribution in [0.3, 0.4) is 0 Å². The van der Waals surface area contributed by atoms with Gasteiger partial charge >= 0.3 is 0 Å². The molecule has 0 unspecified atom stereocenters. The van der Waals surface area contributed by atoms with Crippen LogP contribution in [0.15, 0.2) is 53.5 Å². The van der Waals surface area contributed by atoms with Gasteiger partial charge in [0, 0.05) is 36.1 Å². The highest BCUT2D eigenvalue weighted by atomic mass is 32.2. The zero-order valence-corrected chi connectivity index (χ0v) is 13.7. The number of aromatic nitrogens is 1. The molecular weight excluding hydrogens is 292 g/mol. The number of fused-ring (bicyclic) bond motifs is 1. The van der Waals surface area contributed by atoms with Crippen LogP contribution in [-0.2, 0) is 7.05 Å². The highest BCUT2D eigenvalue weighted by Crippen LogP contribution is 2.29. The van der Waals surface area contributed by atoms with E-state index in [0.29, 0.717) is 0 Å². The number of rotatable bonds is 3. The van der Waals surface area contributed by atoms with Crippen molar-refractivity contribution in [3.63, 3.8) is 0 Å². The first-order valence-corrected chi connectivity index (χ1v) is 8.32. The summed E-state index contributed by atoms with van der Waals surface area (Å²) < 4.78 is 4.91. The maximum absolute atomic E-state index is 12.3. The Bertz CT molecular complexity index is 899. The van der Waals surface area contributed by atoms with Gasteiger partial charge in [-0.2, -0.15) is 0 Å². The molecule has 0 spiro atoms. The van der Waals surface area contributed by atoms with E-state index in [2.05, 4.69) is 22.9 Å². The molecular formula is C18H18N2OS. The molecule has 0 atom stereocenters. The molecule has 0 bridgehead atoms. The van der Waals surface area contributed by atoms with Gasteiger partial charge < -0.3 is 9.29 Å². The molecule has 0 radical (unpaired) electrons. The molecule has 0 aliphatic heterocycles. The zero-order chi connectivity index (χ0) is 15.7. The third-order valence-electron chi connectivity index (χ3n) is 3.73. The monoisotopic (exact) mass is 310 g/mol. The third kappa shape index (κ3) is 2.62. The van der Waals surface area contributed by atoms with Crippen molar-refractivity contribution in [2.45, 2.75) is 6.92 Å². The Morgan fingerprint density at radius 1 is 1.09 bits per heavy atom. The number of aryl methyl sites for hydroxylation is 2. The zero-order valence-electron chi connectivity index (χ0n) is 12.9. The first-order chi connectivity index (χ1) is 10.6. The molecule has 1 heterocycles. The van der Waals surface area contributed by atoms with E-state index in [4.69, 9.17) is 0 Å². The van der Waals surface area contributed by atoms with Gasteiger partial charge in [0.2, 0.25) is 0 Å². The molecule has 0 amide bonds. The third-order valence-corrected chi connectivity index (χ3v) is 4.17. The molecule has 3 nitrogen and oxygen atoms in total. The summed E-state index contributed by atoms with van der Waals surface area (Å²) in [6, 6.07) is 14.2. The average Bonchev–Trinajstić information content (AvgIpc) is 2.51. The van der Waals surface area contributed by atoms with Crippen LogP contribution in [0.1, 0.15) is 5.56 Å². The maximum Gasteiger partial charge on any atom is 0.258 e. The maximum atomic E-state index is 12.3. The molecule has 0 saturated carbocycles. The molecule has 22 heavy (non-hydrogen) atoms. The van der Waals surface area contributed by atoms with E-state index < -0.39 is 0 Å². The van der Waals surface area contributed by atoms with E-state index >= 15 is 0 Å². The van der Waals surface area contributed by atoms with Crippen molar-refractivity contribution >= 4 is 28.4 Å². The van der Waals surface area contributed by atoms with Crippen LogP contribution in [0.2, 0.25) is 0 Å². The second-order valence-corrected chi connectivity index (χ2v) is 6.01. The Labute approximate surface area is 134 Å². The van der Waals surface area contributed by atoms with Gasteiger partial charge in [0.15, 0.2) is 0 Å². The van der Waals surface area contributed by atoms with Crippen molar-refractivity contribution in [1.29, 1.82) is 0 Å². The lowest BCUT2D eigenvalue weighted by molar-refractivity contribution is 0.875. The predicted octanol–water partition coefficient (Wildman–Crippen LogP) is 4.20. The highest BCUT2D eigenvalue weighted by molar-refractivity contribution is 7.99. The van der Waals surface area contributed by atoms with Crippen LogP contribution in [0.5, 0.6) is 0 Å². The van der Waals surface area contributed by atoms with Crippen molar-refractivity contribution in [2.24, 2.45) is 7.05 Å². The summed E-state index contributed by atoms with van der Waals surface area (Å²) in [7, 11) is 1.80. The molecule has 4 heteroatoms. The van der Waals surface area contributed by atoms with Crippen LogP contribution in [-0.4, -0.2) is 10.8 Å². The summed E-state index contributed by atoms with van der Waals surface area (Å²) in [5.74, 6) is 0. The summed E-state index contributed by atoms with van der Waals surface area (Å²) in [5, 5.41) is 1.76. The molecule has 3 rings (SSSR count). The first kappa shape index (κ1) is 14.7. The topological polar surface area (TPSA) is 34.0 Å². The smallest absolute Gasteiger partial charge is 0.258 e. The van der Waals surface area contributed by atoms with Crippen molar-refractivity contribution in [3.05, 3.63) is 64.6 Å². The number of pyridine rings is 1. The van der Waals surface area contributed by atoms with Crippen LogP contribution in [0, 0.1) is 6.92 Å². The van der Waals surface area contributed by atoms with Gasteiger partial charge in [0.1, 0.15) is 0 Å². The van der Waals surface area contributed by atoms with E-state index in [-0.39, 0.29) is 5.56 Å². The van der Waals surface area contributed by atoms with Crippen LogP contribution >= 0.6 is 11.9 Å². The molecule has 0 saturated heterocycles. The quantitative estimate of drug-likeness (QED) is 0.736. The second kappa shape index (κ2) is 5.89. The van der Waals surface area contributed by atoms with Gasteiger partial charge in [0.25, 0.3) is 5.56 Å². The van der Waals surface area contributed by atoms with Gasteiger partial charge in [-0.1, -0.05) is 41.8 Å². The molecule has 0 aliphatic rings. The summed E-state index contributed by atoms with van der Waals surface area (Å²) in [6.45, 7) is 2.05. The number of hydrogen-bond donors (Lipinski definition) is 1. The number of nitrogens with one attached hydrogen (secondary N) is 1. The first-order valence-electron chi connectivity index (χ1n) is 7.09. The number of anilines is 1. The minimum Gasteiger partial charge on any atom is -0.330 e. The lowest BCUT2D eigenvalue weighted by Crippen LogP contribution is -2.16. The van der Waals surface area contributed by atoms with Crippen molar-refractivity contribution in [3.8, 4) is 11.1 Å². The van der Waals surface area contributed by atoms with Crippen LogP contribution in [0.25, 0.3) is 21.9 Å². The fourth-order valence-corrected chi connectivity index (χ4v) is 3.04. The Kier molecular flexibility index (Phi) is 3.94. The minimum atomic E-state index is 0.0390. The molecule has 0 aliphatic carbocycles. The largest absolute Gasteiger partial charge is 0.330 e. The summed E-state index contributed by atoms with van der Waals surface area (Å²) in [5.41, 5.74) is 4.42. The molecule has 112 valence electrons. The molecule has 0 fully saturated rings. The fourth-order valence-electron chi connectivity index (χ4n) is 2.68. The summed E-state index contributed by atoms with van der Waals surface area (Å²) in [4.78, 5) is 12.3. The molecule has 2 aromatic carbocycles. The standard InChI is InChI=1S/C18H18N2OS/c1-12-7-8-15-16(9-12)17(11-20(2)18(15)21)13-5-4-6-14(10-13)19-22-3/h4-11,19H,1-3H3. The van der Waals surface area contributed by atoms with Gasteiger partial charge in [-0.15, -0.1) is 0 Å². The number of hydrogen-bond acceptors (Lipinski definition) is 3. The van der Waals surface area contributed by atoms with Gasteiger partial charge in [0.05, 0.1) is 0 Å². The van der Waals surface area contributed by atoms with Crippen LogP contribution in [0.4, 0.5) is 5.69 Å². The molecule has 1 aromatic heterocycles. The normalized spacial score (nSPS) is 10.9. The Balaban J connectivity index is 2.30. The van der Waals surface area contributed by atoms with E-state index in [1.54, 1.807) is 23.6 Å². The Morgan fingerprint density at radius 2 is 1.91 bits per heavy atom. The highest BCUT2D eigenvalue weighted by Gasteiger charge is 2.09. The molecule has 3 aromatic rings.